The summed E-state index contributed by atoms with van der Waals surface area (Å²) < 4.78 is 20.5. The lowest BCUT2D eigenvalue weighted by atomic mass is 10.3. The molecule has 1 amide bonds. The van der Waals surface area contributed by atoms with Crippen molar-refractivity contribution in [3.05, 3.63) is 66.9 Å². The van der Waals surface area contributed by atoms with Gasteiger partial charge in [0.1, 0.15) is 5.69 Å². The topological polar surface area (TPSA) is 69.0 Å². The van der Waals surface area contributed by atoms with Crippen LogP contribution in [-0.2, 0) is 11.3 Å². The fraction of sp³-hybridized carbons (Fsp3) is 0.167. The molecule has 1 N–H and O–H groups in total. The maximum atomic E-state index is 13.4. The minimum absolute atomic E-state index is 0.0599. The molecule has 128 valence electrons. The van der Waals surface area contributed by atoms with Gasteiger partial charge in [-0.1, -0.05) is 18.2 Å². The fourth-order valence-corrected chi connectivity index (χ4v) is 2.29. The Morgan fingerprint density at radius 1 is 1.12 bits per heavy atom. The van der Waals surface area contributed by atoms with Crippen molar-refractivity contribution in [1.82, 2.24) is 19.9 Å². The molecule has 0 radical (unpaired) electrons. The molecule has 0 saturated carbocycles. The molecule has 3 rings (SSSR count). The molecule has 0 aliphatic rings. The fourth-order valence-electron chi connectivity index (χ4n) is 2.29. The zero-order chi connectivity index (χ0) is 17.5. The zero-order valence-electron chi connectivity index (χ0n) is 13.4. The molecule has 0 atom stereocenters. The van der Waals surface area contributed by atoms with Gasteiger partial charge in [-0.2, -0.15) is 0 Å². The van der Waals surface area contributed by atoms with Gasteiger partial charge in [-0.15, -0.1) is 0 Å². The second-order valence-electron chi connectivity index (χ2n) is 5.23. The van der Waals surface area contributed by atoms with Crippen LogP contribution in [0.25, 0.3) is 11.5 Å². The Kier molecular flexibility index (Phi) is 5.36. The Hall–Kier alpha value is -3.22. The van der Waals surface area contributed by atoms with E-state index >= 15 is 0 Å². The standard InChI is InChI=1S/C18H17FN4O2/c19-14-5-1-2-7-16(14)25-13-17(24)21-9-11-23-12-10-22-18(23)15-6-3-4-8-20-15/h1-8,10,12H,9,11,13H2,(H,21,24). The van der Waals surface area contributed by atoms with Crippen LogP contribution in [0.2, 0.25) is 0 Å². The van der Waals surface area contributed by atoms with Crippen LogP contribution >= 0.6 is 0 Å². The zero-order valence-corrected chi connectivity index (χ0v) is 13.4. The number of aromatic nitrogens is 3. The van der Waals surface area contributed by atoms with Gasteiger partial charge in [0.15, 0.2) is 24.0 Å². The van der Waals surface area contributed by atoms with E-state index in [-0.39, 0.29) is 18.3 Å². The van der Waals surface area contributed by atoms with Crippen molar-refractivity contribution >= 4 is 5.91 Å². The molecule has 0 fully saturated rings. The van der Waals surface area contributed by atoms with Crippen LogP contribution in [0.3, 0.4) is 0 Å². The van der Waals surface area contributed by atoms with E-state index in [1.165, 1.54) is 12.1 Å². The maximum Gasteiger partial charge on any atom is 0.258 e. The third kappa shape index (κ3) is 4.41. The van der Waals surface area contributed by atoms with Crippen LogP contribution in [0.1, 0.15) is 0 Å². The van der Waals surface area contributed by atoms with Gasteiger partial charge in [0.25, 0.3) is 5.91 Å². The van der Waals surface area contributed by atoms with Crippen molar-refractivity contribution < 1.29 is 13.9 Å². The number of pyridine rings is 1. The van der Waals surface area contributed by atoms with Gasteiger partial charge < -0.3 is 14.6 Å². The quantitative estimate of drug-likeness (QED) is 0.716. The highest BCUT2D eigenvalue weighted by atomic mass is 19.1. The van der Waals surface area contributed by atoms with E-state index < -0.39 is 5.82 Å². The second-order valence-corrected chi connectivity index (χ2v) is 5.23. The third-order valence-electron chi connectivity index (χ3n) is 3.48. The minimum atomic E-state index is -0.492. The number of rotatable bonds is 7. The first-order chi connectivity index (χ1) is 12.2. The molecule has 0 bridgehead atoms. The van der Waals surface area contributed by atoms with E-state index in [0.717, 1.165) is 11.5 Å². The molecule has 0 aliphatic heterocycles. The number of amides is 1. The van der Waals surface area contributed by atoms with Crippen molar-refractivity contribution in [3.8, 4) is 17.3 Å². The first-order valence-electron chi connectivity index (χ1n) is 7.80. The summed E-state index contributed by atoms with van der Waals surface area (Å²) in [5, 5.41) is 2.73. The van der Waals surface area contributed by atoms with E-state index in [1.807, 2.05) is 29.0 Å². The Morgan fingerprint density at radius 2 is 1.96 bits per heavy atom. The first-order valence-corrected chi connectivity index (χ1v) is 7.80. The van der Waals surface area contributed by atoms with Gasteiger partial charge in [0.05, 0.1) is 0 Å². The monoisotopic (exact) mass is 340 g/mol. The van der Waals surface area contributed by atoms with Crippen molar-refractivity contribution in [2.45, 2.75) is 6.54 Å². The number of para-hydroxylation sites is 1. The highest BCUT2D eigenvalue weighted by Gasteiger charge is 2.08. The average molecular weight is 340 g/mol. The lowest BCUT2D eigenvalue weighted by Crippen LogP contribution is -2.31. The molecule has 7 heteroatoms. The van der Waals surface area contributed by atoms with Crippen molar-refractivity contribution in [3.63, 3.8) is 0 Å². The van der Waals surface area contributed by atoms with Crippen LogP contribution in [-0.4, -0.2) is 33.6 Å². The lowest BCUT2D eigenvalue weighted by molar-refractivity contribution is -0.123. The molecular weight excluding hydrogens is 323 g/mol. The summed E-state index contributed by atoms with van der Waals surface area (Å²) in [6.07, 6.45) is 5.22. The number of carbonyl (C=O) groups excluding carboxylic acids is 1. The Morgan fingerprint density at radius 3 is 2.76 bits per heavy atom. The number of halogens is 1. The predicted molar refractivity (Wildman–Crippen MR) is 90.4 cm³/mol. The molecule has 0 spiro atoms. The summed E-state index contributed by atoms with van der Waals surface area (Å²) in [4.78, 5) is 20.4. The van der Waals surface area contributed by atoms with E-state index in [4.69, 9.17) is 4.74 Å². The van der Waals surface area contributed by atoms with Crippen LogP contribution in [0.5, 0.6) is 5.75 Å². The molecule has 25 heavy (non-hydrogen) atoms. The second kappa shape index (κ2) is 8.05. The first kappa shape index (κ1) is 16.6. The number of benzene rings is 1. The normalized spacial score (nSPS) is 10.4. The highest BCUT2D eigenvalue weighted by molar-refractivity contribution is 5.77. The summed E-state index contributed by atoms with van der Waals surface area (Å²) in [7, 11) is 0. The Labute approximate surface area is 144 Å². The summed E-state index contributed by atoms with van der Waals surface area (Å²) in [5.74, 6) is -0.0152. The number of carbonyl (C=O) groups is 1. The van der Waals surface area contributed by atoms with E-state index in [2.05, 4.69) is 15.3 Å². The molecule has 0 saturated heterocycles. The molecule has 6 nitrogen and oxygen atoms in total. The third-order valence-corrected chi connectivity index (χ3v) is 3.48. The van der Waals surface area contributed by atoms with Crippen molar-refractivity contribution in [1.29, 1.82) is 0 Å². The van der Waals surface area contributed by atoms with E-state index in [9.17, 15) is 9.18 Å². The van der Waals surface area contributed by atoms with E-state index in [1.54, 1.807) is 24.5 Å². The van der Waals surface area contributed by atoms with Gasteiger partial charge in [0, 0.05) is 31.7 Å². The largest absolute Gasteiger partial charge is 0.481 e. The predicted octanol–water partition coefficient (Wildman–Crippen LogP) is 2.28. The maximum absolute atomic E-state index is 13.4. The van der Waals surface area contributed by atoms with Crippen molar-refractivity contribution in [2.24, 2.45) is 0 Å². The minimum Gasteiger partial charge on any atom is -0.481 e. The van der Waals surface area contributed by atoms with Crippen LogP contribution in [0.4, 0.5) is 4.39 Å². The highest BCUT2D eigenvalue weighted by Crippen LogP contribution is 2.15. The number of hydrogen-bond acceptors (Lipinski definition) is 4. The molecule has 0 unspecified atom stereocenters. The molecule has 2 aromatic heterocycles. The Balaban J connectivity index is 1.48. The van der Waals surface area contributed by atoms with Gasteiger partial charge in [0.2, 0.25) is 0 Å². The van der Waals surface area contributed by atoms with Crippen molar-refractivity contribution in [2.75, 3.05) is 13.2 Å². The molecule has 2 heterocycles. The summed E-state index contributed by atoms with van der Waals surface area (Å²) in [5.41, 5.74) is 0.765. The molecule has 3 aromatic rings. The van der Waals surface area contributed by atoms with E-state index in [0.29, 0.717) is 13.1 Å². The van der Waals surface area contributed by atoms with Gasteiger partial charge in [-0.05, 0) is 24.3 Å². The SMILES string of the molecule is O=C(COc1ccccc1F)NCCn1ccnc1-c1ccccn1. The number of ether oxygens (including phenoxy) is 1. The smallest absolute Gasteiger partial charge is 0.258 e. The molecule has 1 aromatic carbocycles. The summed E-state index contributed by atoms with van der Waals surface area (Å²) in [6.45, 7) is 0.699. The lowest BCUT2D eigenvalue weighted by Gasteiger charge is -2.10. The molecule has 0 aliphatic carbocycles. The number of imidazole rings is 1. The van der Waals surface area contributed by atoms with Gasteiger partial charge >= 0.3 is 0 Å². The number of nitrogens with zero attached hydrogens (tertiary/aromatic N) is 3. The van der Waals surface area contributed by atoms with Crippen LogP contribution < -0.4 is 10.1 Å². The average Bonchev–Trinajstić information content (AvgIpc) is 3.10. The van der Waals surface area contributed by atoms with Gasteiger partial charge in [-0.3, -0.25) is 9.78 Å². The Bertz CT molecular complexity index is 836. The van der Waals surface area contributed by atoms with Gasteiger partial charge in [-0.25, -0.2) is 9.37 Å². The van der Waals surface area contributed by atoms with Crippen LogP contribution in [0, 0.1) is 5.82 Å². The summed E-state index contributed by atoms with van der Waals surface area (Å²) >= 11 is 0. The molecular formula is C18H17FN4O2. The number of nitrogens with one attached hydrogen (secondary N) is 1. The summed E-state index contributed by atoms with van der Waals surface area (Å²) in [6, 6.07) is 11.6. The van der Waals surface area contributed by atoms with Crippen LogP contribution in [0.15, 0.2) is 61.1 Å². The number of hydrogen-bond donors (Lipinski definition) is 1.